The highest BCUT2D eigenvalue weighted by atomic mass is 16.4. The van der Waals surface area contributed by atoms with Crippen LogP contribution in [0.4, 0.5) is 0 Å². The fraction of sp³-hybridized carbons (Fsp3) is 0.364. The summed E-state index contributed by atoms with van der Waals surface area (Å²) in [5.41, 5.74) is -2.39. The van der Waals surface area contributed by atoms with Gasteiger partial charge in [-0.05, 0) is 74.5 Å². The molecule has 0 aliphatic rings. The number of carboxylic acids is 3. The Morgan fingerprint density at radius 2 is 0.950 bits per heavy atom. The lowest BCUT2D eigenvalue weighted by atomic mass is 9.59. The molecule has 7 heteroatoms. The third-order valence-corrected chi connectivity index (χ3v) is 7.89. The van der Waals surface area contributed by atoms with Gasteiger partial charge in [0.1, 0.15) is 5.41 Å². The lowest BCUT2D eigenvalue weighted by Crippen LogP contribution is -2.64. The number of hydrogen-bond donors (Lipinski definition) is 4. The molecule has 0 bridgehead atoms. The first-order valence-corrected chi connectivity index (χ1v) is 13.7. The van der Waals surface area contributed by atoms with E-state index in [1.54, 1.807) is 0 Å². The van der Waals surface area contributed by atoms with E-state index in [9.17, 15) is 34.8 Å². The summed E-state index contributed by atoms with van der Waals surface area (Å²) in [7, 11) is 0. The van der Waals surface area contributed by atoms with Crippen molar-refractivity contribution in [1.29, 1.82) is 0 Å². The molecule has 0 aromatic heterocycles. The number of benzene rings is 3. The highest BCUT2D eigenvalue weighted by Gasteiger charge is 2.65. The van der Waals surface area contributed by atoms with Gasteiger partial charge in [-0.1, -0.05) is 91.0 Å². The fourth-order valence-electron chi connectivity index (χ4n) is 5.71. The van der Waals surface area contributed by atoms with Crippen molar-refractivity contribution in [2.75, 3.05) is 0 Å². The van der Waals surface area contributed by atoms with Crippen molar-refractivity contribution in [1.82, 2.24) is 0 Å². The van der Waals surface area contributed by atoms with Crippen molar-refractivity contribution >= 4 is 17.9 Å². The third-order valence-electron chi connectivity index (χ3n) is 7.89. The lowest BCUT2D eigenvalue weighted by molar-refractivity contribution is -0.207. The molecule has 40 heavy (non-hydrogen) atoms. The van der Waals surface area contributed by atoms with Gasteiger partial charge in [-0.25, -0.2) is 4.79 Å². The molecule has 3 aromatic carbocycles. The summed E-state index contributed by atoms with van der Waals surface area (Å²) in [4.78, 5) is 38.4. The quantitative estimate of drug-likeness (QED) is 0.172. The van der Waals surface area contributed by atoms with E-state index in [-0.39, 0.29) is 38.5 Å². The first-order chi connectivity index (χ1) is 19.2. The van der Waals surface area contributed by atoms with Crippen LogP contribution in [0, 0.1) is 11.3 Å². The van der Waals surface area contributed by atoms with Crippen LogP contribution in [-0.4, -0.2) is 43.9 Å². The maximum absolute atomic E-state index is 13.1. The molecule has 0 fully saturated rings. The zero-order valence-corrected chi connectivity index (χ0v) is 22.6. The molecule has 0 saturated heterocycles. The number of carbonyl (C=O) groups is 3. The van der Waals surface area contributed by atoms with E-state index < -0.39 is 34.8 Å². The molecule has 0 saturated carbocycles. The molecule has 0 aliphatic heterocycles. The minimum Gasteiger partial charge on any atom is -0.481 e. The smallest absolute Gasteiger partial charge is 0.337 e. The number of aliphatic hydroxyl groups is 1. The molecule has 0 amide bonds. The van der Waals surface area contributed by atoms with Gasteiger partial charge in [0.25, 0.3) is 0 Å². The van der Waals surface area contributed by atoms with Crippen molar-refractivity contribution in [2.24, 2.45) is 11.3 Å². The minimum atomic E-state index is -3.02. The maximum Gasteiger partial charge on any atom is 0.337 e. The first kappa shape index (κ1) is 30.6. The van der Waals surface area contributed by atoms with Crippen molar-refractivity contribution in [3.8, 4) is 0 Å². The molecule has 212 valence electrons. The topological polar surface area (TPSA) is 132 Å². The number of hydrogen-bond acceptors (Lipinski definition) is 4. The van der Waals surface area contributed by atoms with Gasteiger partial charge in [0.2, 0.25) is 0 Å². The summed E-state index contributed by atoms with van der Waals surface area (Å²) in [6, 6.07) is 28.1. The molecular weight excluding hydrogens is 508 g/mol. The van der Waals surface area contributed by atoms with Gasteiger partial charge in [0.15, 0.2) is 5.60 Å². The number of carboxylic acid groups (broad SMARTS) is 3. The summed E-state index contributed by atoms with van der Waals surface area (Å²) in [5.74, 6) is -6.64. The molecule has 3 rings (SSSR count). The van der Waals surface area contributed by atoms with Gasteiger partial charge in [-0.2, -0.15) is 0 Å². The van der Waals surface area contributed by atoms with Crippen LogP contribution in [-0.2, 0) is 33.6 Å². The largest absolute Gasteiger partial charge is 0.481 e. The average Bonchev–Trinajstić information content (AvgIpc) is 2.95. The maximum atomic E-state index is 13.1. The Hall–Kier alpha value is -3.97. The van der Waals surface area contributed by atoms with Crippen molar-refractivity contribution < 1.29 is 34.8 Å². The van der Waals surface area contributed by atoms with Crippen LogP contribution < -0.4 is 0 Å². The monoisotopic (exact) mass is 546 g/mol. The Labute approximate surface area is 235 Å². The number of rotatable bonds is 17. The van der Waals surface area contributed by atoms with E-state index in [1.807, 2.05) is 91.0 Å². The van der Waals surface area contributed by atoms with Crippen LogP contribution in [0.15, 0.2) is 91.0 Å². The molecule has 2 unspecified atom stereocenters. The SMILES string of the molecule is O=C(O)C(CCCc1ccccc1)C(O)(C(=O)O)C(CCCc1ccccc1)(CCCc1ccccc1)C(=O)O. The van der Waals surface area contributed by atoms with E-state index in [2.05, 4.69) is 0 Å². The summed E-state index contributed by atoms with van der Waals surface area (Å²) >= 11 is 0. The normalized spacial score (nSPS) is 13.7. The zero-order valence-electron chi connectivity index (χ0n) is 22.6. The second kappa shape index (κ2) is 14.4. The van der Waals surface area contributed by atoms with Gasteiger partial charge in [-0.3, -0.25) is 9.59 Å². The van der Waals surface area contributed by atoms with Gasteiger partial charge < -0.3 is 20.4 Å². The van der Waals surface area contributed by atoms with Crippen LogP contribution in [0.1, 0.15) is 55.2 Å². The summed E-state index contributed by atoms with van der Waals surface area (Å²) in [6.45, 7) is 0. The van der Waals surface area contributed by atoms with Crippen LogP contribution in [0.2, 0.25) is 0 Å². The van der Waals surface area contributed by atoms with Gasteiger partial charge in [-0.15, -0.1) is 0 Å². The molecule has 7 nitrogen and oxygen atoms in total. The standard InChI is InChI=1S/C33H38O7/c34-29(35)28(22-10-19-25-13-4-1-5-14-25)33(40,31(38)39)32(30(36)37,23-11-20-26-15-6-2-7-16-26)24-12-21-27-17-8-3-9-18-27/h1-9,13-18,28,40H,10-12,19-24H2,(H,34,35)(H,36,37)(H,38,39). The summed E-state index contributed by atoms with van der Waals surface area (Å²) < 4.78 is 0. The minimum absolute atomic E-state index is 0.181. The molecule has 0 aliphatic carbocycles. The zero-order chi connectivity index (χ0) is 29.0. The van der Waals surface area contributed by atoms with Crippen LogP contribution in [0.5, 0.6) is 0 Å². The Morgan fingerprint density at radius 1 is 0.575 bits per heavy atom. The highest BCUT2D eigenvalue weighted by molar-refractivity contribution is 5.93. The second-order valence-corrected chi connectivity index (χ2v) is 10.4. The predicted octanol–water partition coefficient (Wildman–Crippen LogP) is 5.64. The average molecular weight is 547 g/mol. The van der Waals surface area contributed by atoms with Crippen molar-refractivity contribution in [2.45, 2.75) is 63.4 Å². The van der Waals surface area contributed by atoms with Crippen molar-refractivity contribution in [3.05, 3.63) is 108 Å². The molecule has 2 atom stereocenters. The third kappa shape index (κ3) is 7.36. The van der Waals surface area contributed by atoms with E-state index in [0.717, 1.165) is 16.7 Å². The first-order valence-electron chi connectivity index (χ1n) is 13.7. The molecule has 0 spiro atoms. The molecule has 3 aromatic rings. The molecule has 4 N–H and O–H groups in total. The van der Waals surface area contributed by atoms with Gasteiger partial charge >= 0.3 is 17.9 Å². The number of aryl methyl sites for hydroxylation is 3. The fourth-order valence-corrected chi connectivity index (χ4v) is 5.71. The van der Waals surface area contributed by atoms with E-state index in [1.165, 1.54) is 0 Å². The number of aliphatic carboxylic acids is 3. The summed E-state index contributed by atoms with van der Waals surface area (Å²) in [6.07, 6.45) is 1.68. The second-order valence-electron chi connectivity index (χ2n) is 10.4. The Morgan fingerprint density at radius 3 is 1.27 bits per heavy atom. The van der Waals surface area contributed by atoms with E-state index >= 15 is 0 Å². The Bertz CT molecular complexity index is 1180. The summed E-state index contributed by atoms with van der Waals surface area (Å²) in [5, 5.41) is 43.1. The molecule has 0 heterocycles. The van der Waals surface area contributed by atoms with E-state index in [0.29, 0.717) is 19.3 Å². The van der Waals surface area contributed by atoms with Crippen molar-refractivity contribution in [3.63, 3.8) is 0 Å². The highest BCUT2D eigenvalue weighted by Crippen LogP contribution is 2.48. The predicted molar refractivity (Wildman–Crippen MR) is 152 cm³/mol. The van der Waals surface area contributed by atoms with Gasteiger partial charge in [0.05, 0.1) is 5.92 Å². The van der Waals surface area contributed by atoms with Gasteiger partial charge in [0, 0.05) is 0 Å². The Balaban J connectivity index is 1.94. The van der Waals surface area contributed by atoms with Crippen LogP contribution in [0.25, 0.3) is 0 Å². The Kier molecular flexibility index (Phi) is 11.0. The van der Waals surface area contributed by atoms with Crippen LogP contribution >= 0.6 is 0 Å². The molecular formula is C33H38O7. The van der Waals surface area contributed by atoms with E-state index in [4.69, 9.17) is 0 Å². The van der Waals surface area contributed by atoms with Crippen LogP contribution in [0.3, 0.4) is 0 Å². The lowest BCUT2D eigenvalue weighted by Gasteiger charge is -2.45. The molecule has 0 radical (unpaired) electrons.